The number of aryl methyl sites for hydroxylation is 1. The van der Waals surface area contributed by atoms with E-state index in [1.165, 1.54) is 5.56 Å². The second kappa shape index (κ2) is 4.94. The molecule has 2 aliphatic heterocycles. The summed E-state index contributed by atoms with van der Waals surface area (Å²) in [5.74, 6) is 0.0829. The highest BCUT2D eigenvalue weighted by Gasteiger charge is 2.32. The molecule has 3 rings (SSSR count). The highest BCUT2D eigenvalue weighted by Crippen LogP contribution is 2.32. The number of rotatable bonds is 2. The van der Waals surface area contributed by atoms with Crippen LogP contribution in [0.15, 0.2) is 18.2 Å². The van der Waals surface area contributed by atoms with Gasteiger partial charge in [-0.1, -0.05) is 17.7 Å². The number of piperidine rings is 1. The van der Waals surface area contributed by atoms with Crippen molar-refractivity contribution in [3.63, 3.8) is 0 Å². The van der Waals surface area contributed by atoms with Crippen molar-refractivity contribution >= 4 is 11.6 Å². The number of anilines is 1. The number of likely N-dealkylation sites (tertiary alicyclic amines) is 1. The number of nitrogens with zero attached hydrogens (tertiary/aromatic N) is 1. The third-order valence-electron chi connectivity index (χ3n) is 4.16. The van der Waals surface area contributed by atoms with E-state index in [1.807, 2.05) is 12.1 Å². The number of carbonyl (C=O) groups is 1. The van der Waals surface area contributed by atoms with Crippen LogP contribution in [-0.2, 0) is 4.79 Å². The summed E-state index contributed by atoms with van der Waals surface area (Å²) in [6, 6.07) is 6.41. The first kappa shape index (κ1) is 12.6. The lowest BCUT2D eigenvalue weighted by atomic mass is 10.0. The molecule has 1 fully saturated rings. The van der Waals surface area contributed by atoms with Crippen LogP contribution in [0.1, 0.15) is 30.0 Å². The van der Waals surface area contributed by atoms with Gasteiger partial charge in [0.15, 0.2) is 0 Å². The Morgan fingerprint density at radius 3 is 2.79 bits per heavy atom. The maximum Gasteiger partial charge on any atom is 0.246 e. The van der Waals surface area contributed by atoms with E-state index in [-0.39, 0.29) is 11.9 Å². The van der Waals surface area contributed by atoms with E-state index in [4.69, 9.17) is 0 Å². The van der Waals surface area contributed by atoms with Crippen molar-refractivity contribution in [2.75, 3.05) is 25.5 Å². The number of benzene rings is 1. The van der Waals surface area contributed by atoms with Gasteiger partial charge in [0.1, 0.15) is 6.04 Å². The quantitative estimate of drug-likeness (QED) is 0.849. The summed E-state index contributed by atoms with van der Waals surface area (Å²) in [6.45, 7) is 4.27. The summed E-state index contributed by atoms with van der Waals surface area (Å²) in [4.78, 5) is 14.4. The Morgan fingerprint density at radius 1 is 1.32 bits per heavy atom. The molecule has 102 valence electrons. The largest absolute Gasteiger partial charge is 0.324 e. The summed E-state index contributed by atoms with van der Waals surface area (Å²) in [5, 5.41) is 6.49. The van der Waals surface area contributed by atoms with Crippen molar-refractivity contribution in [1.29, 1.82) is 0 Å². The van der Waals surface area contributed by atoms with Gasteiger partial charge in [-0.15, -0.1) is 0 Å². The lowest BCUT2D eigenvalue weighted by Gasteiger charge is -2.31. The van der Waals surface area contributed by atoms with Crippen molar-refractivity contribution in [1.82, 2.24) is 10.2 Å². The zero-order valence-corrected chi connectivity index (χ0v) is 11.6. The molecule has 0 bridgehead atoms. The summed E-state index contributed by atoms with van der Waals surface area (Å²) in [5.41, 5.74) is 3.26. The summed E-state index contributed by atoms with van der Waals surface area (Å²) >= 11 is 0. The van der Waals surface area contributed by atoms with Gasteiger partial charge in [-0.3, -0.25) is 10.1 Å². The fourth-order valence-electron chi connectivity index (χ4n) is 2.96. The maximum absolute atomic E-state index is 12.1. The predicted molar refractivity (Wildman–Crippen MR) is 76.2 cm³/mol. The molecule has 2 heterocycles. The highest BCUT2D eigenvalue weighted by molar-refractivity contribution is 6.02. The van der Waals surface area contributed by atoms with Crippen molar-refractivity contribution in [3.05, 3.63) is 29.3 Å². The van der Waals surface area contributed by atoms with Crippen molar-refractivity contribution in [3.8, 4) is 0 Å². The standard InChI is InChI=1S/C15H21N3O/c1-10-3-4-13-12(9-10)14(15(19)17-13)16-11-5-7-18(2)8-6-11/h3-4,9,11,14,16H,5-8H2,1-2H3,(H,17,19). The van der Waals surface area contributed by atoms with Gasteiger partial charge >= 0.3 is 0 Å². The Bertz CT molecular complexity index is 492. The molecule has 1 atom stereocenters. The van der Waals surface area contributed by atoms with Crippen LogP contribution < -0.4 is 10.6 Å². The van der Waals surface area contributed by atoms with Crippen LogP contribution >= 0.6 is 0 Å². The Labute approximate surface area is 114 Å². The van der Waals surface area contributed by atoms with Crippen LogP contribution in [0.5, 0.6) is 0 Å². The molecule has 4 heteroatoms. The Morgan fingerprint density at radius 2 is 2.05 bits per heavy atom. The third-order valence-corrected chi connectivity index (χ3v) is 4.16. The Balaban J connectivity index is 1.75. The molecule has 1 unspecified atom stereocenters. The van der Waals surface area contributed by atoms with Crippen molar-refractivity contribution in [2.45, 2.75) is 31.8 Å². The van der Waals surface area contributed by atoms with Crippen LogP contribution in [0, 0.1) is 6.92 Å². The van der Waals surface area contributed by atoms with Gasteiger partial charge in [0, 0.05) is 17.3 Å². The van der Waals surface area contributed by atoms with Gasteiger partial charge in [0.05, 0.1) is 0 Å². The Hall–Kier alpha value is -1.39. The molecule has 1 amide bonds. The third kappa shape index (κ3) is 2.51. The van der Waals surface area contributed by atoms with Gasteiger partial charge in [0.25, 0.3) is 0 Å². The molecular formula is C15H21N3O. The van der Waals surface area contributed by atoms with Gasteiger partial charge in [-0.25, -0.2) is 0 Å². The van der Waals surface area contributed by atoms with E-state index in [2.05, 4.69) is 35.6 Å². The molecule has 0 spiro atoms. The highest BCUT2D eigenvalue weighted by atomic mass is 16.2. The molecule has 0 aromatic heterocycles. The number of carbonyl (C=O) groups excluding carboxylic acids is 1. The van der Waals surface area contributed by atoms with Gasteiger partial charge in [-0.05, 0) is 46.0 Å². The van der Waals surface area contributed by atoms with Gasteiger partial charge in [-0.2, -0.15) is 0 Å². The number of fused-ring (bicyclic) bond motifs is 1. The first-order valence-corrected chi connectivity index (χ1v) is 6.99. The minimum atomic E-state index is -0.177. The number of amides is 1. The fraction of sp³-hybridized carbons (Fsp3) is 0.533. The number of nitrogens with one attached hydrogen (secondary N) is 2. The normalized spacial score (nSPS) is 24.3. The van der Waals surface area contributed by atoms with Crippen LogP contribution in [0.25, 0.3) is 0 Å². The molecule has 19 heavy (non-hydrogen) atoms. The molecule has 4 nitrogen and oxygen atoms in total. The lowest BCUT2D eigenvalue weighted by molar-refractivity contribution is -0.118. The summed E-state index contributed by atoms with van der Waals surface area (Å²) < 4.78 is 0. The van der Waals surface area contributed by atoms with Crippen LogP contribution in [0.2, 0.25) is 0 Å². The average molecular weight is 259 g/mol. The average Bonchev–Trinajstić information content (AvgIpc) is 2.69. The maximum atomic E-state index is 12.1. The molecular weight excluding hydrogens is 238 g/mol. The summed E-state index contributed by atoms with van der Waals surface area (Å²) in [7, 11) is 2.15. The van der Waals surface area contributed by atoms with Gasteiger partial charge < -0.3 is 10.2 Å². The second-order valence-corrected chi connectivity index (χ2v) is 5.76. The zero-order chi connectivity index (χ0) is 13.4. The molecule has 1 saturated heterocycles. The van der Waals surface area contributed by atoms with E-state index in [0.29, 0.717) is 6.04 Å². The van der Waals surface area contributed by atoms with Crippen LogP contribution in [0.4, 0.5) is 5.69 Å². The second-order valence-electron chi connectivity index (χ2n) is 5.76. The van der Waals surface area contributed by atoms with Gasteiger partial charge in [0.2, 0.25) is 5.91 Å². The molecule has 2 N–H and O–H groups in total. The van der Waals surface area contributed by atoms with Crippen LogP contribution in [-0.4, -0.2) is 37.0 Å². The molecule has 0 aliphatic carbocycles. The fourth-order valence-corrected chi connectivity index (χ4v) is 2.96. The van der Waals surface area contributed by atoms with E-state index in [0.717, 1.165) is 37.2 Å². The topological polar surface area (TPSA) is 44.4 Å². The SMILES string of the molecule is Cc1ccc2c(c1)C(NC1CCN(C)CC1)C(=O)N2. The van der Waals surface area contributed by atoms with Crippen molar-refractivity contribution < 1.29 is 4.79 Å². The molecule has 1 aromatic carbocycles. The van der Waals surface area contributed by atoms with E-state index in [1.54, 1.807) is 0 Å². The Kier molecular flexibility index (Phi) is 3.29. The predicted octanol–water partition coefficient (Wildman–Crippen LogP) is 1.67. The first-order chi connectivity index (χ1) is 9.13. The molecule has 0 saturated carbocycles. The number of hydrogen-bond donors (Lipinski definition) is 2. The van der Waals surface area contributed by atoms with Crippen molar-refractivity contribution in [2.24, 2.45) is 0 Å². The van der Waals surface area contributed by atoms with E-state index < -0.39 is 0 Å². The minimum absolute atomic E-state index is 0.0829. The number of hydrogen-bond acceptors (Lipinski definition) is 3. The monoisotopic (exact) mass is 259 g/mol. The minimum Gasteiger partial charge on any atom is -0.324 e. The lowest BCUT2D eigenvalue weighted by Crippen LogP contribution is -2.43. The molecule has 1 aromatic rings. The molecule has 0 radical (unpaired) electrons. The van der Waals surface area contributed by atoms with E-state index >= 15 is 0 Å². The first-order valence-electron chi connectivity index (χ1n) is 6.99. The molecule has 2 aliphatic rings. The summed E-state index contributed by atoms with van der Waals surface area (Å²) in [6.07, 6.45) is 2.23. The smallest absolute Gasteiger partial charge is 0.246 e. The van der Waals surface area contributed by atoms with E-state index in [9.17, 15) is 4.79 Å². The zero-order valence-electron chi connectivity index (χ0n) is 11.6. The van der Waals surface area contributed by atoms with Crippen LogP contribution in [0.3, 0.4) is 0 Å².